The molecular formula is C17H28O. The number of rotatable bonds is 4. The van der Waals surface area contributed by atoms with Crippen LogP contribution in [0.4, 0.5) is 0 Å². The van der Waals surface area contributed by atoms with Gasteiger partial charge in [0.15, 0.2) is 0 Å². The van der Waals surface area contributed by atoms with E-state index in [0.29, 0.717) is 11.3 Å². The summed E-state index contributed by atoms with van der Waals surface area (Å²) in [6, 6.07) is 8.46. The zero-order valence-electron chi connectivity index (χ0n) is 12.7. The second-order valence-electron chi connectivity index (χ2n) is 7.05. The van der Waals surface area contributed by atoms with Gasteiger partial charge >= 0.3 is 0 Å². The smallest absolute Gasteiger partial charge is 0.0840 e. The van der Waals surface area contributed by atoms with Crippen molar-refractivity contribution in [2.45, 2.75) is 65.9 Å². The van der Waals surface area contributed by atoms with Crippen LogP contribution in [0.5, 0.6) is 0 Å². The number of hydrogen-bond donors (Lipinski definition) is 1. The largest absolute Gasteiger partial charge is 0.386 e. The summed E-state index contributed by atoms with van der Waals surface area (Å²) in [7, 11) is 0. The second kappa shape index (κ2) is 5.44. The highest BCUT2D eigenvalue weighted by Gasteiger charge is 2.20. The van der Waals surface area contributed by atoms with E-state index < -0.39 is 5.60 Å². The first kappa shape index (κ1) is 15.2. The van der Waals surface area contributed by atoms with E-state index in [0.717, 1.165) is 5.56 Å². The van der Waals surface area contributed by atoms with Gasteiger partial charge in [0.05, 0.1) is 5.60 Å². The van der Waals surface area contributed by atoms with Crippen LogP contribution in [0.15, 0.2) is 24.3 Å². The second-order valence-corrected chi connectivity index (χ2v) is 7.05. The minimum Gasteiger partial charge on any atom is -0.386 e. The average molecular weight is 248 g/mol. The Balaban J connectivity index is 2.89. The number of aliphatic hydroxyl groups is 1. The van der Waals surface area contributed by atoms with Crippen LogP contribution in [0.3, 0.4) is 0 Å². The SMILES string of the molecule is CCC(CC(C)(C)C)c1ccc(C(C)(C)O)cc1. The van der Waals surface area contributed by atoms with E-state index in [1.165, 1.54) is 18.4 Å². The van der Waals surface area contributed by atoms with Crippen molar-refractivity contribution >= 4 is 0 Å². The minimum atomic E-state index is -0.746. The van der Waals surface area contributed by atoms with Gasteiger partial charge in [-0.2, -0.15) is 0 Å². The summed E-state index contributed by atoms with van der Waals surface area (Å²) in [6.45, 7) is 12.8. The average Bonchev–Trinajstić information content (AvgIpc) is 2.24. The van der Waals surface area contributed by atoms with E-state index >= 15 is 0 Å². The van der Waals surface area contributed by atoms with Crippen LogP contribution in [0, 0.1) is 5.41 Å². The molecule has 102 valence electrons. The fraction of sp³-hybridized carbons (Fsp3) is 0.647. The molecule has 0 saturated carbocycles. The molecule has 0 spiro atoms. The molecule has 1 aromatic rings. The molecule has 1 heteroatoms. The van der Waals surface area contributed by atoms with Crippen LogP contribution in [0.2, 0.25) is 0 Å². The van der Waals surface area contributed by atoms with Crippen molar-refractivity contribution in [2.75, 3.05) is 0 Å². The standard InChI is InChI=1S/C17H28O/c1-7-13(12-16(2,3)4)14-8-10-15(11-9-14)17(5,6)18/h8-11,13,18H,7,12H2,1-6H3. The summed E-state index contributed by atoms with van der Waals surface area (Å²) in [6.07, 6.45) is 2.37. The van der Waals surface area contributed by atoms with Crippen LogP contribution in [0.1, 0.15) is 71.4 Å². The molecule has 0 fully saturated rings. The van der Waals surface area contributed by atoms with Gasteiger partial charge in [-0.25, -0.2) is 0 Å². The summed E-state index contributed by atoms with van der Waals surface area (Å²) in [5.41, 5.74) is 1.98. The van der Waals surface area contributed by atoms with Crippen LogP contribution in [-0.2, 0) is 5.60 Å². The fourth-order valence-corrected chi connectivity index (χ4v) is 2.40. The van der Waals surface area contributed by atoms with Gasteiger partial charge in [-0.15, -0.1) is 0 Å². The quantitative estimate of drug-likeness (QED) is 0.808. The van der Waals surface area contributed by atoms with Gasteiger partial charge < -0.3 is 5.11 Å². The third kappa shape index (κ3) is 4.45. The van der Waals surface area contributed by atoms with E-state index in [-0.39, 0.29) is 0 Å². The van der Waals surface area contributed by atoms with Gasteiger partial charge in [-0.3, -0.25) is 0 Å². The molecule has 0 bridgehead atoms. The monoisotopic (exact) mass is 248 g/mol. The van der Waals surface area contributed by atoms with E-state index in [1.54, 1.807) is 0 Å². The first-order valence-corrected chi connectivity index (χ1v) is 6.96. The van der Waals surface area contributed by atoms with Crippen molar-refractivity contribution < 1.29 is 5.11 Å². The lowest BCUT2D eigenvalue weighted by molar-refractivity contribution is 0.0786. The number of hydrogen-bond acceptors (Lipinski definition) is 1. The maximum Gasteiger partial charge on any atom is 0.0840 e. The van der Waals surface area contributed by atoms with Crippen LogP contribution in [-0.4, -0.2) is 5.11 Å². The molecule has 0 radical (unpaired) electrons. The predicted octanol–water partition coefficient (Wildman–Crippen LogP) is 4.84. The number of benzene rings is 1. The lowest BCUT2D eigenvalue weighted by atomic mass is 9.80. The highest BCUT2D eigenvalue weighted by molar-refractivity contribution is 5.28. The maximum atomic E-state index is 9.96. The molecule has 0 aliphatic carbocycles. The molecular weight excluding hydrogens is 220 g/mol. The van der Waals surface area contributed by atoms with Gasteiger partial charge in [0.25, 0.3) is 0 Å². The molecule has 1 unspecified atom stereocenters. The van der Waals surface area contributed by atoms with Crippen molar-refractivity contribution in [1.82, 2.24) is 0 Å². The van der Waals surface area contributed by atoms with E-state index in [4.69, 9.17) is 0 Å². The lowest BCUT2D eigenvalue weighted by Crippen LogP contribution is -2.16. The normalized spacial score (nSPS) is 14.6. The summed E-state index contributed by atoms with van der Waals surface area (Å²) in [4.78, 5) is 0. The molecule has 0 aliphatic heterocycles. The Morgan fingerprint density at radius 3 is 1.83 bits per heavy atom. The lowest BCUT2D eigenvalue weighted by Gasteiger charge is -2.26. The van der Waals surface area contributed by atoms with Crippen molar-refractivity contribution in [3.63, 3.8) is 0 Å². The van der Waals surface area contributed by atoms with E-state index in [2.05, 4.69) is 52.0 Å². The van der Waals surface area contributed by atoms with Crippen LogP contribution < -0.4 is 0 Å². The molecule has 0 saturated heterocycles. The molecule has 1 rings (SSSR count). The van der Waals surface area contributed by atoms with Crippen molar-refractivity contribution in [2.24, 2.45) is 5.41 Å². The van der Waals surface area contributed by atoms with Gasteiger partial charge in [0.1, 0.15) is 0 Å². The topological polar surface area (TPSA) is 20.2 Å². The summed E-state index contributed by atoms with van der Waals surface area (Å²) >= 11 is 0. The zero-order valence-corrected chi connectivity index (χ0v) is 12.7. The Bertz CT molecular complexity index is 362. The Kier molecular flexibility index (Phi) is 4.61. The van der Waals surface area contributed by atoms with E-state index in [9.17, 15) is 5.11 Å². The third-order valence-electron chi connectivity index (χ3n) is 3.44. The summed E-state index contributed by atoms with van der Waals surface area (Å²) < 4.78 is 0. The Morgan fingerprint density at radius 2 is 1.50 bits per heavy atom. The third-order valence-corrected chi connectivity index (χ3v) is 3.44. The molecule has 0 heterocycles. The molecule has 18 heavy (non-hydrogen) atoms. The molecule has 1 aromatic carbocycles. The highest BCUT2D eigenvalue weighted by atomic mass is 16.3. The highest BCUT2D eigenvalue weighted by Crippen LogP contribution is 2.34. The Morgan fingerprint density at radius 1 is 1.00 bits per heavy atom. The zero-order chi connectivity index (χ0) is 14.0. The van der Waals surface area contributed by atoms with Crippen LogP contribution in [0.25, 0.3) is 0 Å². The first-order valence-electron chi connectivity index (χ1n) is 6.96. The Hall–Kier alpha value is -0.820. The summed E-state index contributed by atoms with van der Waals surface area (Å²) in [5.74, 6) is 0.612. The summed E-state index contributed by atoms with van der Waals surface area (Å²) in [5, 5.41) is 9.96. The van der Waals surface area contributed by atoms with Crippen LogP contribution >= 0.6 is 0 Å². The molecule has 1 atom stereocenters. The molecule has 1 N–H and O–H groups in total. The van der Waals surface area contributed by atoms with Crippen molar-refractivity contribution in [3.05, 3.63) is 35.4 Å². The first-order chi connectivity index (χ1) is 8.13. The van der Waals surface area contributed by atoms with Gasteiger partial charge in [0, 0.05) is 0 Å². The van der Waals surface area contributed by atoms with E-state index in [1.807, 2.05) is 13.8 Å². The predicted molar refractivity (Wildman–Crippen MR) is 78.8 cm³/mol. The fourth-order valence-electron chi connectivity index (χ4n) is 2.40. The molecule has 0 aliphatic rings. The molecule has 1 nitrogen and oxygen atoms in total. The van der Waals surface area contributed by atoms with Gasteiger partial charge in [-0.05, 0) is 49.1 Å². The van der Waals surface area contributed by atoms with Gasteiger partial charge in [0.2, 0.25) is 0 Å². The molecule has 0 aromatic heterocycles. The van der Waals surface area contributed by atoms with Crippen molar-refractivity contribution in [3.8, 4) is 0 Å². The minimum absolute atomic E-state index is 0.357. The maximum absolute atomic E-state index is 9.96. The van der Waals surface area contributed by atoms with Crippen molar-refractivity contribution in [1.29, 1.82) is 0 Å². The Labute approximate surface area is 112 Å². The molecule has 0 amide bonds. The van der Waals surface area contributed by atoms with Gasteiger partial charge in [-0.1, -0.05) is 52.0 Å².